The van der Waals surface area contributed by atoms with Gasteiger partial charge in [-0.15, -0.1) is 0 Å². The number of hydrogen-bond donors (Lipinski definition) is 1. The molecule has 0 fully saturated rings. The van der Waals surface area contributed by atoms with Crippen molar-refractivity contribution in [2.45, 2.75) is 25.9 Å². The second-order valence-electron chi connectivity index (χ2n) is 3.35. The van der Waals surface area contributed by atoms with E-state index in [2.05, 4.69) is 4.98 Å². The molecule has 3 nitrogen and oxygen atoms in total. The van der Waals surface area contributed by atoms with Crippen molar-refractivity contribution < 1.29 is 9.90 Å². The first-order valence-corrected chi connectivity index (χ1v) is 4.37. The maximum Gasteiger partial charge on any atom is 0.178 e. The van der Waals surface area contributed by atoms with Gasteiger partial charge in [0, 0.05) is 6.92 Å². The van der Waals surface area contributed by atoms with Crippen LogP contribution in [-0.2, 0) is 6.42 Å². The number of carbonyl (C=O) groups is 1. The quantitative estimate of drug-likeness (QED) is 0.657. The molecule has 0 aromatic carbocycles. The van der Waals surface area contributed by atoms with E-state index < -0.39 is 6.10 Å². The van der Waals surface area contributed by atoms with E-state index in [0.29, 0.717) is 11.4 Å². The summed E-state index contributed by atoms with van der Waals surface area (Å²) in [6.45, 7) is 1.48. The van der Waals surface area contributed by atoms with Crippen LogP contribution in [0.25, 0.3) is 0 Å². The molecule has 0 radical (unpaired) electrons. The van der Waals surface area contributed by atoms with Gasteiger partial charge in [0.1, 0.15) is 5.69 Å². The third kappa shape index (κ3) is 1.35. The number of pyridine rings is 1. The van der Waals surface area contributed by atoms with Gasteiger partial charge in [-0.1, -0.05) is 6.07 Å². The molecule has 1 aliphatic carbocycles. The molecule has 0 saturated heterocycles. The zero-order chi connectivity index (χ0) is 9.42. The first-order valence-electron chi connectivity index (χ1n) is 4.37. The maximum atomic E-state index is 11.0. The van der Waals surface area contributed by atoms with Crippen LogP contribution >= 0.6 is 0 Å². The van der Waals surface area contributed by atoms with Crippen molar-refractivity contribution in [2.24, 2.45) is 0 Å². The number of aryl methyl sites for hydroxylation is 1. The van der Waals surface area contributed by atoms with Gasteiger partial charge in [-0.25, -0.2) is 4.98 Å². The number of hydrogen-bond acceptors (Lipinski definition) is 3. The highest BCUT2D eigenvalue weighted by atomic mass is 16.3. The number of fused-ring (bicyclic) bond motifs is 1. The van der Waals surface area contributed by atoms with Crippen LogP contribution < -0.4 is 0 Å². The lowest BCUT2D eigenvalue weighted by molar-refractivity contribution is 0.101. The Morgan fingerprint density at radius 1 is 1.62 bits per heavy atom. The van der Waals surface area contributed by atoms with Crippen molar-refractivity contribution in [1.82, 2.24) is 4.98 Å². The van der Waals surface area contributed by atoms with E-state index in [9.17, 15) is 9.90 Å². The van der Waals surface area contributed by atoms with Gasteiger partial charge in [0.15, 0.2) is 5.78 Å². The second kappa shape index (κ2) is 2.92. The highest BCUT2D eigenvalue weighted by Crippen LogP contribution is 2.29. The van der Waals surface area contributed by atoms with E-state index in [1.54, 1.807) is 6.07 Å². The fourth-order valence-corrected chi connectivity index (χ4v) is 1.63. The minimum absolute atomic E-state index is 0.0538. The molecule has 1 aromatic rings. The van der Waals surface area contributed by atoms with Gasteiger partial charge < -0.3 is 5.11 Å². The molecule has 1 aliphatic rings. The van der Waals surface area contributed by atoms with Gasteiger partial charge in [0.05, 0.1) is 11.8 Å². The van der Waals surface area contributed by atoms with Gasteiger partial charge >= 0.3 is 0 Å². The molecule has 3 heteroatoms. The molecule has 13 heavy (non-hydrogen) atoms. The Labute approximate surface area is 76.4 Å². The van der Waals surface area contributed by atoms with Crippen molar-refractivity contribution in [3.8, 4) is 0 Å². The number of nitrogens with zero attached hydrogens (tertiary/aromatic N) is 1. The van der Waals surface area contributed by atoms with Gasteiger partial charge in [0.25, 0.3) is 0 Å². The summed E-state index contributed by atoms with van der Waals surface area (Å²) in [4.78, 5) is 15.1. The van der Waals surface area contributed by atoms with Gasteiger partial charge in [-0.2, -0.15) is 0 Å². The van der Waals surface area contributed by atoms with Gasteiger partial charge in [0.2, 0.25) is 0 Å². The molecule has 1 heterocycles. The molecule has 2 rings (SSSR count). The number of aliphatic hydroxyl groups excluding tert-OH is 1. The Morgan fingerprint density at radius 3 is 3.08 bits per heavy atom. The summed E-state index contributed by atoms with van der Waals surface area (Å²) in [7, 11) is 0. The number of carbonyl (C=O) groups excluding carboxylic acids is 1. The van der Waals surface area contributed by atoms with Crippen LogP contribution in [0.15, 0.2) is 12.1 Å². The number of aromatic nitrogens is 1. The molecule has 1 aromatic heterocycles. The van der Waals surface area contributed by atoms with Gasteiger partial charge in [-0.3, -0.25) is 4.79 Å². The molecule has 0 saturated carbocycles. The molecule has 0 amide bonds. The normalized spacial score (nSPS) is 20.0. The molecule has 68 valence electrons. The lowest BCUT2D eigenvalue weighted by Gasteiger charge is -2.03. The maximum absolute atomic E-state index is 11.0. The van der Waals surface area contributed by atoms with E-state index in [1.807, 2.05) is 6.07 Å². The van der Waals surface area contributed by atoms with E-state index in [-0.39, 0.29) is 5.78 Å². The van der Waals surface area contributed by atoms with Crippen molar-refractivity contribution in [2.75, 3.05) is 0 Å². The summed E-state index contributed by atoms with van der Waals surface area (Å²) in [6, 6.07) is 3.61. The fraction of sp³-hybridized carbons (Fsp3) is 0.400. The minimum atomic E-state index is -0.478. The van der Waals surface area contributed by atoms with E-state index in [0.717, 1.165) is 18.4 Å². The summed E-state index contributed by atoms with van der Waals surface area (Å²) in [5.41, 5.74) is 2.20. The third-order valence-electron chi connectivity index (χ3n) is 2.38. The average molecular weight is 177 g/mol. The van der Waals surface area contributed by atoms with E-state index >= 15 is 0 Å². The zero-order valence-corrected chi connectivity index (χ0v) is 7.45. The lowest BCUT2D eigenvalue weighted by Crippen LogP contribution is -2.02. The van der Waals surface area contributed by atoms with E-state index in [1.165, 1.54) is 6.92 Å². The topological polar surface area (TPSA) is 50.2 Å². The van der Waals surface area contributed by atoms with E-state index in [4.69, 9.17) is 0 Å². The smallest absolute Gasteiger partial charge is 0.178 e. The van der Waals surface area contributed by atoms with Crippen molar-refractivity contribution >= 4 is 5.78 Å². The highest BCUT2D eigenvalue weighted by molar-refractivity contribution is 5.92. The largest absolute Gasteiger partial charge is 0.387 e. The van der Waals surface area contributed by atoms with Crippen molar-refractivity contribution in [1.29, 1.82) is 0 Å². The fourth-order valence-electron chi connectivity index (χ4n) is 1.63. The Kier molecular flexibility index (Phi) is 1.88. The number of rotatable bonds is 1. The minimum Gasteiger partial charge on any atom is -0.387 e. The van der Waals surface area contributed by atoms with Crippen LogP contribution in [0.4, 0.5) is 0 Å². The number of Topliss-reactive ketones (excluding diaryl/α,β-unsaturated/α-hetero) is 1. The summed E-state index contributed by atoms with van der Waals surface area (Å²) in [6.07, 6.45) is 1.11. The SMILES string of the molecule is CC(=O)c1ccc2c(n1)C(O)CC2. The zero-order valence-electron chi connectivity index (χ0n) is 7.45. The van der Waals surface area contributed by atoms with Crippen LogP contribution in [0.2, 0.25) is 0 Å². The monoisotopic (exact) mass is 177 g/mol. The molecule has 0 aliphatic heterocycles. The molecule has 0 bridgehead atoms. The Hall–Kier alpha value is -1.22. The summed E-state index contributed by atoms with van der Waals surface area (Å²) in [5, 5.41) is 9.51. The predicted octanol–water partition coefficient (Wildman–Crippen LogP) is 1.26. The average Bonchev–Trinajstić information content (AvgIpc) is 2.47. The Bertz CT molecular complexity index is 360. The summed E-state index contributed by atoms with van der Waals surface area (Å²) < 4.78 is 0. The number of ketones is 1. The van der Waals surface area contributed by atoms with Crippen molar-refractivity contribution in [3.63, 3.8) is 0 Å². The molecular weight excluding hydrogens is 166 g/mol. The lowest BCUT2D eigenvalue weighted by atomic mass is 10.2. The van der Waals surface area contributed by atoms with Crippen LogP contribution in [0.3, 0.4) is 0 Å². The molecule has 1 unspecified atom stereocenters. The standard InChI is InChI=1S/C10H11NO2/c1-6(12)8-4-2-7-3-5-9(13)10(7)11-8/h2,4,9,13H,3,5H2,1H3. The second-order valence-corrected chi connectivity index (χ2v) is 3.35. The number of aliphatic hydroxyl groups is 1. The summed E-state index contributed by atoms with van der Waals surface area (Å²) in [5.74, 6) is -0.0538. The first-order chi connectivity index (χ1) is 6.18. The van der Waals surface area contributed by atoms with Crippen LogP contribution in [0.5, 0.6) is 0 Å². The molecule has 1 atom stereocenters. The van der Waals surface area contributed by atoms with Crippen LogP contribution in [-0.4, -0.2) is 15.9 Å². The molecule has 0 spiro atoms. The van der Waals surface area contributed by atoms with Crippen LogP contribution in [0.1, 0.15) is 41.2 Å². The highest BCUT2D eigenvalue weighted by Gasteiger charge is 2.22. The Morgan fingerprint density at radius 2 is 2.38 bits per heavy atom. The van der Waals surface area contributed by atoms with Crippen molar-refractivity contribution in [3.05, 3.63) is 29.1 Å². The predicted molar refractivity (Wildman–Crippen MR) is 47.5 cm³/mol. The van der Waals surface area contributed by atoms with Gasteiger partial charge in [-0.05, 0) is 24.5 Å². The molecule has 1 N–H and O–H groups in total. The first kappa shape index (κ1) is 8.38. The Balaban J connectivity index is 2.47. The molecular formula is C10H11NO2. The third-order valence-corrected chi connectivity index (χ3v) is 2.38. The summed E-state index contributed by atoms with van der Waals surface area (Å²) >= 11 is 0. The van der Waals surface area contributed by atoms with Crippen LogP contribution in [0, 0.1) is 0 Å².